The van der Waals surface area contributed by atoms with E-state index in [2.05, 4.69) is 66.3 Å². The molecule has 2 aromatic carbocycles. The number of nitrogens with zero attached hydrogens (tertiary/aromatic N) is 2. The van der Waals surface area contributed by atoms with Gasteiger partial charge in [-0.05, 0) is 37.5 Å². The molecular formula is C19H19N3. The fraction of sp³-hybridized carbons (Fsp3) is 0.211. The van der Waals surface area contributed by atoms with E-state index in [1.165, 1.54) is 22.3 Å². The molecule has 0 aliphatic carbocycles. The summed E-state index contributed by atoms with van der Waals surface area (Å²) in [4.78, 5) is 0. The third-order valence-electron chi connectivity index (χ3n) is 4.29. The van der Waals surface area contributed by atoms with Crippen molar-refractivity contribution in [3.8, 4) is 16.9 Å². The number of nitrogens with one attached hydrogen (secondary N) is 1. The fourth-order valence-corrected chi connectivity index (χ4v) is 3.12. The van der Waals surface area contributed by atoms with Crippen molar-refractivity contribution in [3.63, 3.8) is 0 Å². The summed E-state index contributed by atoms with van der Waals surface area (Å²) in [5.41, 5.74) is 7.27. The van der Waals surface area contributed by atoms with Crippen LogP contribution in [0.1, 0.15) is 16.7 Å². The highest BCUT2D eigenvalue weighted by atomic mass is 15.3. The third-order valence-corrected chi connectivity index (χ3v) is 4.29. The van der Waals surface area contributed by atoms with Crippen molar-refractivity contribution in [3.05, 3.63) is 65.2 Å². The maximum absolute atomic E-state index is 4.93. The van der Waals surface area contributed by atoms with Crippen LogP contribution in [-0.4, -0.2) is 16.3 Å². The van der Waals surface area contributed by atoms with Crippen LogP contribution in [0.2, 0.25) is 0 Å². The minimum Gasteiger partial charge on any atom is -0.369 e. The minimum absolute atomic E-state index is 0.984. The van der Waals surface area contributed by atoms with E-state index in [4.69, 9.17) is 5.10 Å². The molecule has 22 heavy (non-hydrogen) atoms. The summed E-state index contributed by atoms with van der Waals surface area (Å²) < 4.78 is 2.08. The number of rotatable bonds is 2. The van der Waals surface area contributed by atoms with E-state index in [0.29, 0.717) is 0 Å². The Hall–Kier alpha value is -2.55. The van der Waals surface area contributed by atoms with Gasteiger partial charge in [-0.15, -0.1) is 0 Å². The molecule has 3 nitrogen and oxygen atoms in total. The van der Waals surface area contributed by atoms with Gasteiger partial charge in [-0.2, -0.15) is 5.10 Å². The van der Waals surface area contributed by atoms with Gasteiger partial charge in [-0.1, -0.05) is 42.5 Å². The van der Waals surface area contributed by atoms with Gasteiger partial charge in [0, 0.05) is 17.7 Å². The Bertz CT molecular complexity index is 831. The van der Waals surface area contributed by atoms with Crippen LogP contribution < -0.4 is 5.32 Å². The highest BCUT2D eigenvalue weighted by Crippen LogP contribution is 2.35. The maximum atomic E-state index is 4.93. The van der Waals surface area contributed by atoms with E-state index in [0.717, 1.165) is 30.2 Å². The second kappa shape index (κ2) is 5.02. The van der Waals surface area contributed by atoms with Crippen molar-refractivity contribution >= 4 is 5.82 Å². The number of fused-ring (bicyclic) bond motifs is 1. The summed E-state index contributed by atoms with van der Waals surface area (Å²) in [7, 11) is 0. The van der Waals surface area contributed by atoms with Crippen molar-refractivity contribution in [2.75, 3.05) is 11.9 Å². The maximum Gasteiger partial charge on any atom is 0.133 e. The van der Waals surface area contributed by atoms with Crippen LogP contribution in [0, 0.1) is 13.8 Å². The monoisotopic (exact) mass is 289 g/mol. The van der Waals surface area contributed by atoms with Gasteiger partial charge in [0.15, 0.2) is 0 Å². The van der Waals surface area contributed by atoms with Crippen LogP contribution >= 0.6 is 0 Å². The lowest BCUT2D eigenvalue weighted by molar-refractivity contribution is 0.874. The predicted molar refractivity (Wildman–Crippen MR) is 90.7 cm³/mol. The van der Waals surface area contributed by atoms with Gasteiger partial charge in [0.25, 0.3) is 0 Å². The van der Waals surface area contributed by atoms with Crippen molar-refractivity contribution in [2.45, 2.75) is 20.3 Å². The number of hydrogen-bond donors (Lipinski definition) is 1. The Morgan fingerprint density at radius 3 is 2.68 bits per heavy atom. The topological polar surface area (TPSA) is 29.9 Å². The average Bonchev–Trinajstić information content (AvgIpc) is 3.13. The lowest BCUT2D eigenvalue weighted by Crippen LogP contribution is -2.06. The zero-order valence-corrected chi connectivity index (χ0v) is 12.9. The molecule has 0 saturated heterocycles. The van der Waals surface area contributed by atoms with E-state index >= 15 is 0 Å². The third kappa shape index (κ3) is 2.01. The molecule has 4 rings (SSSR count). The number of hydrogen-bond acceptors (Lipinski definition) is 2. The molecule has 3 heteroatoms. The van der Waals surface area contributed by atoms with Crippen LogP contribution in [0.15, 0.2) is 48.5 Å². The Morgan fingerprint density at radius 1 is 1.05 bits per heavy atom. The molecule has 0 radical (unpaired) electrons. The zero-order chi connectivity index (χ0) is 15.1. The molecule has 1 N–H and O–H groups in total. The minimum atomic E-state index is 0.984. The summed E-state index contributed by atoms with van der Waals surface area (Å²) in [5.74, 6) is 1.15. The summed E-state index contributed by atoms with van der Waals surface area (Å²) in [6.07, 6.45) is 1.03. The van der Waals surface area contributed by atoms with Crippen LogP contribution in [0.25, 0.3) is 16.9 Å². The summed E-state index contributed by atoms with van der Waals surface area (Å²) >= 11 is 0. The number of benzene rings is 2. The Balaban J connectivity index is 1.94. The Labute approximate surface area is 130 Å². The summed E-state index contributed by atoms with van der Waals surface area (Å²) in [6.45, 7) is 5.25. The van der Waals surface area contributed by atoms with E-state index < -0.39 is 0 Å². The molecule has 0 fully saturated rings. The van der Waals surface area contributed by atoms with Gasteiger partial charge in [-0.3, -0.25) is 0 Å². The normalized spacial score (nSPS) is 13.0. The van der Waals surface area contributed by atoms with Crippen molar-refractivity contribution in [1.82, 2.24) is 9.78 Å². The molecule has 0 amide bonds. The first-order valence-corrected chi connectivity index (χ1v) is 7.73. The molecular weight excluding hydrogens is 270 g/mol. The SMILES string of the molecule is Cc1ccc(C)c(-n2nc(-c3ccccc3)c3c2NCC3)c1. The zero-order valence-electron chi connectivity index (χ0n) is 12.9. The number of anilines is 1. The average molecular weight is 289 g/mol. The molecule has 110 valence electrons. The summed E-state index contributed by atoms with van der Waals surface area (Å²) in [6, 6.07) is 17.0. The fourth-order valence-electron chi connectivity index (χ4n) is 3.12. The number of aromatic nitrogens is 2. The van der Waals surface area contributed by atoms with Crippen LogP contribution in [0.4, 0.5) is 5.82 Å². The predicted octanol–water partition coefficient (Wildman–Crippen LogP) is 4.12. The van der Waals surface area contributed by atoms with Gasteiger partial charge in [0.05, 0.1) is 11.4 Å². The first-order chi connectivity index (χ1) is 10.7. The van der Waals surface area contributed by atoms with Gasteiger partial charge >= 0.3 is 0 Å². The largest absolute Gasteiger partial charge is 0.369 e. The molecule has 1 aromatic heterocycles. The van der Waals surface area contributed by atoms with Gasteiger partial charge in [-0.25, -0.2) is 4.68 Å². The standard InChI is InChI=1S/C19H19N3/c1-13-8-9-14(2)17(12-13)22-19-16(10-11-20-19)18(21-22)15-6-4-3-5-7-15/h3-9,12,20H,10-11H2,1-2H3. The number of aryl methyl sites for hydroxylation is 2. The first kappa shape index (κ1) is 13.1. The van der Waals surface area contributed by atoms with Crippen LogP contribution in [0.5, 0.6) is 0 Å². The van der Waals surface area contributed by atoms with Gasteiger partial charge in [0.1, 0.15) is 5.82 Å². The highest BCUT2D eigenvalue weighted by molar-refractivity contribution is 5.73. The van der Waals surface area contributed by atoms with Crippen molar-refractivity contribution < 1.29 is 0 Å². The lowest BCUT2D eigenvalue weighted by Gasteiger charge is -2.10. The molecule has 2 heterocycles. The van der Waals surface area contributed by atoms with Crippen LogP contribution in [-0.2, 0) is 6.42 Å². The molecule has 0 saturated carbocycles. The molecule has 0 atom stereocenters. The molecule has 1 aliphatic heterocycles. The smallest absolute Gasteiger partial charge is 0.133 e. The summed E-state index contributed by atoms with van der Waals surface area (Å²) in [5, 5.41) is 8.43. The van der Waals surface area contributed by atoms with E-state index in [1.807, 2.05) is 6.07 Å². The molecule has 0 bridgehead atoms. The van der Waals surface area contributed by atoms with E-state index in [-0.39, 0.29) is 0 Å². The first-order valence-electron chi connectivity index (χ1n) is 7.73. The second-order valence-corrected chi connectivity index (χ2v) is 5.92. The van der Waals surface area contributed by atoms with E-state index in [1.54, 1.807) is 0 Å². The molecule has 3 aromatic rings. The van der Waals surface area contributed by atoms with Crippen molar-refractivity contribution in [1.29, 1.82) is 0 Å². The quantitative estimate of drug-likeness (QED) is 0.769. The Morgan fingerprint density at radius 2 is 1.86 bits per heavy atom. The van der Waals surface area contributed by atoms with Crippen LogP contribution in [0.3, 0.4) is 0 Å². The second-order valence-electron chi connectivity index (χ2n) is 5.92. The molecule has 1 aliphatic rings. The molecule has 0 spiro atoms. The van der Waals surface area contributed by atoms with Gasteiger partial charge in [0.2, 0.25) is 0 Å². The van der Waals surface area contributed by atoms with E-state index in [9.17, 15) is 0 Å². The Kier molecular flexibility index (Phi) is 3.00. The van der Waals surface area contributed by atoms with Crippen molar-refractivity contribution in [2.24, 2.45) is 0 Å². The molecule has 0 unspecified atom stereocenters. The van der Waals surface area contributed by atoms with Gasteiger partial charge < -0.3 is 5.32 Å². The highest BCUT2D eigenvalue weighted by Gasteiger charge is 2.24. The lowest BCUT2D eigenvalue weighted by atomic mass is 10.1.